The second kappa shape index (κ2) is 9.72. The predicted octanol–water partition coefficient (Wildman–Crippen LogP) is 3.11. The molecule has 0 bridgehead atoms. The molecule has 1 atom stereocenters. The fourth-order valence-electron chi connectivity index (χ4n) is 4.08. The number of amides is 3. The van der Waals surface area contributed by atoms with Gasteiger partial charge in [0, 0.05) is 25.3 Å². The minimum Gasteiger partial charge on any atom is -0.324 e. The van der Waals surface area contributed by atoms with Crippen molar-refractivity contribution in [2.45, 2.75) is 33.2 Å². The molecule has 1 saturated heterocycles. The van der Waals surface area contributed by atoms with Gasteiger partial charge in [0.1, 0.15) is 0 Å². The lowest BCUT2D eigenvalue weighted by atomic mass is 9.98. The highest BCUT2D eigenvalue weighted by atomic mass is 16.2. The second-order valence-electron chi connectivity index (χ2n) is 8.20. The van der Waals surface area contributed by atoms with E-state index in [1.54, 1.807) is 23.1 Å². The first-order valence-electron chi connectivity index (χ1n) is 11.1. The zero-order valence-corrected chi connectivity index (χ0v) is 18.8. The van der Waals surface area contributed by atoms with E-state index in [4.69, 9.17) is 0 Å². The number of nitrogens with one attached hydrogen (secondary N) is 3. The molecule has 0 spiro atoms. The molecule has 0 saturated carbocycles. The summed E-state index contributed by atoms with van der Waals surface area (Å²) in [5, 5.41) is 3.43. The van der Waals surface area contributed by atoms with Gasteiger partial charge in [-0.05, 0) is 56.5 Å². The Bertz CT molecular complexity index is 1240. The number of aromatic nitrogens is 2. The van der Waals surface area contributed by atoms with Gasteiger partial charge in [0.25, 0.3) is 5.56 Å². The monoisotopic (exact) mass is 448 g/mol. The van der Waals surface area contributed by atoms with Crippen LogP contribution in [0.15, 0.2) is 53.3 Å². The van der Waals surface area contributed by atoms with Crippen LogP contribution in [0.5, 0.6) is 0 Å². The molecule has 1 aliphatic rings. The van der Waals surface area contributed by atoms with Gasteiger partial charge in [-0.15, -0.1) is 0 Å². The van der Waals surface area contributed by atoms with Crippen LogP contribution < -0.4 is 21.7 Å². The maximum atomic E-state index is 12.8. The molecule has 33 heavy (non-hydrogen) atoms. The summed E-state index contributed by atoms with van der Waals surface area (Å²) in [4.78, 5) is 44.4. The lowest BCUT2D eigenvalue weighted by Crippen LogP contribution is -2.48. The van der Waals surface area contributed by atoms with Gasteiger partial charge in [-0.25, -0.2) is 9.78 Å². The number of carbonyl (C=O) groups is 2. The van der Waals surface area contributed by atoms with Crippen molar-refractivity contribution in [2.75, 3.05) is 23.8 Å². The number of urea groups is 1. The standard InChI is InChI=1S/C24H28N6O3/c1-3-30-22(32)19-11-4-5-12-20(19)26-23(30)28-27-21(31)17-9-7-13-29(15-17)24(33)25-18-10-6-8-16(2)14-18/h4-6,8,10-12,14,17H,3,7,9,13,15H2,1-2H3,(H,25,33)(H,26,28)(H,27,31). The summed E-state index contributed by atoms with van der Waals surface area (Å²) in [5.74, 6) is -0.329. The molecular formula is C24H28N6O3. The second-order valence-corrected chi connectivity index (χ2v) is 8.20. The smallest absolute Gasteiger partial charge is 0.321 e. The van der Waals surface area contributed by atoms with E-state index in [1.807, 2.05) is 44.2 Å². The van der Waals surface area contributed by atoms with Gasteiger partial charge >= 0.3 is 6.03 Å². The fourth-order valence-corrected chi connectivity index (χ4v) is 4.08. The van der Waals surface area contributed by atoms with Gasteiger partial charge in [0.05, 0.1) is 16.8 Å². The molecule has 1 fully saturated rings. The number of likely N-dealkylation sites (tertiary alicyclic amines) is 1. The number of rotatable bonds is 5. The topological polar surface area (TPSA) is 108 Å². The number of nitrogens with zero attached hydrogens (tertiary/aromatic N) is 3. The number of carbonyl (C=O) groups excluding carboxylic acids is 2. The molecule has 3 N–H and O–H groups in total. The first kappa shape index (κ1) is 22.3. The predicted molar refractivity (Wildman–Crippen MR) is 128 cm³/mol. The summed E-state index contributed by atoms with van der Waals surface area (Å²) in [6.07, 6.45) is 1.40. The van der Waals surface area contributed by atoms with Crippen LogP contribution in [-0.4, -0.2) is 39.5 Å². The summed E-state index contributed by atoms with van der Waals surface area (Å²) >= 11 is 0. The van der Waals surface area contributed by atoms with Crippen LogP contribution in [0.2, 0.25) is 0 Å². The van der Waals surface area contributed by atoms with Crippen molar-refractivity contribution in [2.24, 2.45) is 5.92 Å². The van der Waals surface area contributed by atoms with E-state index in [1.165, 1.54) is 4.57 Å². The van der Waals surface area contributed by atoms with Gasteiger partial charge in [-0.1, -0.05) is 24.3 Å². The number of anilines is 2. The van der Waals surface area contributed by atoms with E-state index in [0.29, 0.717) is 37.0 Å². The number of piperidine rings is 1. The summed E-state index contributed by atoms with van der Waals surface area (Å²) < 4.78 is 1.48. The van der Waals surface area contributed by atoms with Gasteiger partial charge in [-0.2, -0.15) is 0 Å². The average molecular weight is 449 g/mol. The largest absolute Gasteiger partial charge is 0.324 e. The first-order chi connectivity index (χ1) is 16.0. The van der Waals surface area contributed by atoms with Crippen LogP contribution in [-0.2, 0) is 11.3 Å². The van der Waals surface area contributed by atoms with Gasteiger partial charge in [-0.3, -0.25) is 25.0 Å². The Balaban J connectivity index is 1.40. The minimum absolute atomic E-state index is 0.170. The minimum atomic E-state index is -0.364. The van der Waals surface area contributed by atoms with E-state index in [-0.39, 0.29) is 29.4 Å². The fraction of sp³-hybridized carbons (Fsp3) is 0.333. The molecule has 1 unspecified atom stereocenters. The first-order valence-corrected chi connectivity index (χ1v) is 11.1. The van der Waals surface area contributed by atoms with Crippen LogP contribution >= 0.6 is 0 Å². The summed E-state index contributed by atoms with van der Waals surface area (Å²) in [6.45, 7) is 5.13. The van der Waals surface area contributed by atoms with E-state index in [2.05, 4.69) is 21.2 Å². The molecule has 9 nitrogen and oxygen atoms in total. The Kier molecular flexibility index (Phi) is 6.58. The van der Waals surface area contributed by atoms with Crippen molar-refractivity contribution < 1.29 is 9.59 Å². The number of benzene rings is 2. The van der Waals surface area contributed by atoms with Gasteiger partial charge in [0.2, 0.25) is 11.9 Å². The Morgan fingerprint density at radius 2 is 1.97 bits per heavy atom. The Hall–Kier alpha value is -3.88. The third-order valence-corrected chi connectivity index (χ3v) is 5.82. The van der Waals surface area contributed by atoms with Crippen LogP contribution in [0.25, 0.3) is 10.9 Å². The van der Waals surface area contributed by atoms with Crippen molar-refractivity contribution in [1.82, 2.24) is 19.9 Å². The molecule has 1 aliphatic heterocycles. The van der Waals surface area contributed by atoms with E-state index < -0.39 is 0 Å². The van der Waals surface area contributed by atoms with E-state index >= 15 is 0 Å². The molecule has 3 aromatic rings. The molecule has 0 radical (unpaired) electrons. The molecule has 1 aromatic heterocycles. The average Bonchev–Trinajstić information content (AvgIpc) is 2.82. The molecular weight excluding hydrogens is 420 g/mol. The molecule has 2 heterocycles. The Morgan fingerprint density at radius 1 is 1.15 bits per heavy atom. The van der Waals surface area contributed by atoms with Crippen LogP contribution in [0.3, 0.4) is 0 Å². The maximum absolute atomic E-state index is 12.8. The van der Waals surface area contributed by atoms with Gasteiger partial charge < -0.3 is 10.2 Å². The van der Waals surface area contributed by atoms with Gasteiger partial charge in [0.15, 0.2) is 0 Å². The summed E-state index contributed by atoms with van der Waals surface area (Å²) in [7, 11) is 0. The lowest BCUT2D eigenvalue weighted by molar-refractivity contribution is -0.125. The maximum Gasteiger partial charge on any atom is 0.321 e. The van der Waals surface area contributed by atoms with Crippen LogP contribution in [0.1, 0.15) is 25.3 Å². The summed E-state index contributed by atoms with van der Waals surface area (Å²) in [5.41, 5.74) is 7.67. The Morgan fingerprint density at radius 3 is 2.76 bits per heavy atom. The third-order valence-electron chi connectivity index (χ3n) is 5.82. The summed E-state index contributed by atoms with van der Waals surface area (Å²) in [6, 6.07) is 14.5. The molecule has 9 heteroatoms. The normalized spacial score (nSPS) is 15.8. The molecule has 4 rings (SSSR count). The van der Waals surface area contributed by atoms with E-state index in [9.17, 15) is 14.4 Å². The zero-order chi connectivity index (χ0) is 23.4. The number of hydrogen-bond donors (Lipinski definition) is 3. The molecule has 0 aliphatic carbocycles. The van der Waals surface area contributed by atoms with Crippen molar-refractivity contribution in [3.05, 3.63) is 64.4 Å². The quantitative estimate of drug-likeness (QED) is 0.520. The highest BCUT2D eigenvalue weighted by Gasteiger charge is 2.28. The highest BCUT2D eigenvalue weighted by molar-refractivity contribution is 5.90. The van der Waals surface area contributed by atoms with E-state index in [0.717, 1.165) is 17.7 Å². The number of hydrazine groups is 1. The SMILES string of the molecule is CCn1c(NNC(=O)C2CCCN(C(=O)Nc3cccc(C)c3)C2)nc2ccccc2c1=O. The number of aryl methyl sites for hydroxylation is 1. The van der Waals surface area contributed by atoms with Crippen LogP contribution in [0.4, 0.5) is 16.4 Å². The molecule has 172 valence electrons. The van der Waals surface area contributed by atoms with Crippen molar-refractivity contribution in [1.29, 1.82) is 0 Å². The molecule has 3 amide bonds. The number of fused-ring (bicyclic) bond motifs is 1. The van der Waals surface area contributed by atoms with Crippen molar-refractivity contribution in [3.63, 3.8) is 0 Å². The zero-order valence-electron chi connectivity index (χ0n) is 18.8. The number of hydrogen-bond acceptors (Lipinski definition) is 5. The van der Waals surface area contributed by atoms with Crippen molar-refractivity contribution >= 4 is 34.5 Å². The third kappa shape index (κ3) is 4.97. The lowest BCUT2D eigenvalue weighted by Gasteiger charge is -2.32. The molecule has 2 aromatic carbocycles. The van der Waals surface area contributed by atoms with Crippen molar-refractivity contribution in [3.8, 4) is 0 Å². The highest BCUT2D eigenvalue weighted by Crippen LogP contribution is 2.19. The Labute approximate surface area is 191 Å². The van der Waals surface area contributed by atoms with Crippen LogP contribution in [0, 0.1) is 12.8 Å². The number of para-hydroxylation sites is 1.